The maximum Gasteiger partial charge on any atom is 0.0706 e. The predicted molar refractivity (Wildman–Crippen MR) is 69.0 cm³/mol. The lowest BCUT2D eigenvalue weighted by molar-refractivity contribution is 1.10. The van der Waals surface area contributed by atoms with Crippen LogP contribution in [0.3, 0.4) is 0 Å². The summed E-state index contributed by atoms with van der Waals surface area (Å²) in [6, 6.07) is 14.8. The van der Waals surface area contributed by atoms with Gasteiger partial charge < -0.3 is 5.84 Å². The Labute approximate surface area is 94.3 Å². The first kappa shape index (κ1) is 9.28. The molecule has 0 spiro atoms. The van der Waals surface area contributed by atoms with Crippen LogP contribution in [0.4, 0.5) is 0 Å². The zero-order valence-electron chi connectivity index (χ0n) is 9.27. The monoisotopic (exact) mass is 210 g/mol. The molecule has 1 heterocycles. The van der Waals surface area contributed by atoms with Gasteiger partial charge in [0.15, 0.2) is 0 Å². The van der Waals surface area contributed by atoms with E-state index >= 15 is 0 Å². The van der Waals surface area contributed by atoms with Crippen molar-refractivity contribution in [2.75, 3.05) is 5.84 Å². The first-order valence-electron chi connectivity index (χ1n) is 5.58. The Hall–Kier alpha value is -1.96. The number of hydrogen-bond acceptors (Lipinski definition) is 1. The number of nitrogen functional groups attached to an aromatic ring is 1. The molecule has 1 aromatic heterocycles. The molecule has 16 heavy (non-hydrogen) atoms. The maximum absolute atomic E-state index is 6.11. The zero-order chi connectivity index (χ0) is 11.1. The molecule has 0 amide bonds. The fourth-order valence-corrected chi connectivity index (χ4v) is 2.27. The van der Waals surface area contributed by atoms with Gasteiger partial charge in [-0.3, -0.25) is 4.68 Å². The number of hydrogen-bond donors (Lipinski definition) is 1. The van der Waals surface area contributed by atoms with Crippen LogP contribution in [0, 0.1) is 0 Å². The molecule has 0 fully saturated rings. The molecular weight excluding hydrogens is 196 g/mol. The average molecular weight is 210 g/mol. The summed E-state index contributed by atoms with van der Waals surface area (Å²) in [5.41, 5.74) is 3.52. The van der Waals surface area contributed by atoms with Crippen molar-refractivity contribution in [1.82, 2.24) is 4.68 Å². The summed E-state index contributed by atoms with van der Waals surface area (Å²) in [5.74, 6) is 6.11. The molecule has 0 bridgehead atoms. The van der Waals surface area contributed by atoms with Gasteiger partial charge in [-0.05, 0) is 24.1 Å². The van der Waals surface area contributed by atoms with Crippen LogP contribution >= 0.6 is 0 Å². The maximum atomic E-state index is 6.11. The van der Waals surface area contributed by atoms with E-state index < -0.39 is 0 Å². The lowest BCUT2D eigenvalue weighted by Crippen LogP contribution is -2.06. The molecule has 3 aromatic rings. The van der Waals surface area contributed by atoms with E-state index in [1.54, 1.807) is 4.68 Å². The molecule has 2 aromatic carbocycles. The Balaban J connectivity index is 2.51. The first-order valence-corrected chi connectivity index (χ1v) is 5.58. The van der Waals surface area contributed by atoms with E-state index in [9.17, 15) is 0 Å². The number of nitrogens with zero attached hydrogens (tertiary/aromatic N) is 1. The molecule has 0 atom stereocenters. The highest BCUT2D eigenvalue weighted by Crippen LogP contribution is 2.27. The van der Waals surface area contributed by atoms with Gasteiger partial charge in [0.1, 0.15) is 0 Å². The molecular formula is C14H14N2. The Morgan fingerprint density at radius 2 is 1.75 bits per heavy atom. The van der Waals surface area contributed by atoms with Gasteiger partial charge in [0.25, 0.3) is 0 Å². The Bertz CT molecular complexity index is 665. The molecule has 2 N–H and O–H groups in total. The number of aryl methyl sites for hydroxylation is 1. The summed E-state index contributed by atoms with van der Waals surface area (Å²) < 4.78 is 1.78. The Morgan fingerprint density at radius 3 is 2.56 bits per heavy atom. The van der Waals surface area contributed by atoms with Crippen LogP contribution in [0.15, 0.2) is 42.5 Å². The summed E-state index contributed by atoms with van der Waals surface area (Å²) in [5, 5.41) is 2.46. The van der Waals surface area contributed by atoms with E-state index in [0.717, 1.165) is 17.5 Å². The second-order valence-corrected chi connectivity index (χ2v) is 4.09. The minimum absolute atomic E-state index is 1.04. The number of benzene rings is 2. The van der Waals surface area contributed by atoms with Gasteiger partial charge in [0, 0.05) is 10.8 Å². The molecule has 0 unspecified atom stereocenters. The van der Waals surface area contributed by atoms with Crippen LogP contribution in [-0.4, -0.2) is 4.68 Å². The van der Waals surface area contributed by atoms with E-state index in [1.165, 1.54) is 16.3 Å². The Kier molecular flexibility index (Phi) is 1.90. The van der Waals surface area contributed by atoms with Gasteiger partial charge in [0.05, 0.1) is 11.0 Å². The van der Waals surface area contributed by atoms with Crippen LogP contribution < -0.4 is 5.84 Å². The van der Waals surface area contributed by atoms with Gasteiger partial charge in [0.2, 0.25) is 0 Å². The summed E-state index contributed by atoms with van der Waals surface area (Å²) >= 11 is 0. The van der Waals surface area contributed by atoms with Gasteiger partial charge in [-0.15, -0.1) is 0 Å². The molecule has 0 saturated heterocycles. The van der Waals surface area contributed by atoms with Gasteiger partial charge >= 0.3 is 0 Å². The molecule has 0 aliphatic heterocycles. The number of fused-ring (bicyclic) bond motifs is 3. The first-order chi connectivity index (χ1) is 7.81. The minimum Gasteiger partial charge on any atom is -0.339 e. The van der Waals surface area contributed by atoms with E-state index in [2.05, 4.69) is 43.3 Å². The highest BCUT2D eigenvalue weighted by atomic mass is 15.3. The fraction of sp³-hybridized carbons (Fsp3) is 0.143. The van der Waals surface area contributed by atoms with Gasteiger partial charge in [-0.2, -0.15) is 0 Å². The lowest BCUT2D eigenvalue weighted by Gasteiger charge is -1.99. The molecule has 2 nitrogen and oxygen atoms in total. The SMILES string of the molecule is CCc1ccc2c3ccccc3n(N)c2c1. The number of nitrogens with two attached hydrogens (primary N) is 1. The van der Waals surface area contributed by atoms with Crippen molar-refractivity contribution >= 4 is 21.8 Å². The predicted octanol–water partition coefficient (Wildman–Crippen LogP) is 3.07. The van der Waals surface area contributed by atoms with Crippen molar-refractivity contribution in [2.24, 2.45) is 0 Å². The van der Waals surface area contributed by atoms with Crippen molar-refractivity contribution in [1.29, 1.82) is 0 Å². The fourth-order valence-electron chi connectivity index (χ4n) is 2.27. The highest BCUT2D eigenvalue weighted by molar-refractivity contribution is 6.08. The molecule has 0 aliphatic rings. The largest absolute Gasteiger partial charge is 0.339 e. The number of rotatable bonds is 1. The van der Waals surface area contributed by atoms with Crippen molar-refractivity contribution < 1.29 is 0 Å². The lowest BCUT2D eigenvalue weighted by atomic mass is 10.1. The van der Waals surface area contributed by atoms with Crippen LogP contribution in [0.2, 0.25) is 0 Å². The van der Waals surface area contributed by atoms with Crippen molar-refractivity contribution in [3.8, 4) is 0 Å². The van der Waals surface area contributed by atoms with Crippen LogP contribution in [-0.2, 0) is 6.42 Å². The second-order valence-electron chi connectivity index (χ2n) is 4.09. The molecule has 0 radical (unpaired) electrons. The quantitative estimate of drug-likeness (QED) is 0.615. The summed E-state index contributed by atoms with van der Waals surface area (Å²) in [7, 11) is 0. The second kappa shape index (κ2) is 3.27. The van der Waals surface area contributed by atoms with Gasteiger partial charge in [-0.1, -0.05) is 37.3 Å². The van der Waals surface area contributed by atoms with Gasteiger partial charge in [-0.25, -0.2) is 0 Å². The van der Waals surface area contributed by atoms with E-state index in [-0.39, 0.29) is 0 Å². The number of aromatic nitrogens is 1. The smallest absolute Gasteiger partial charge is 0.0706 e. The summed E-state index contributed by atoms with van der Waals surface area (Å²) in [6.45, 7) is 2.16. The molecule has 2 heteroatoms. The Morgan fingerprint density at radius 1 is 1.00 bits per heavy atom. The number of para-hydroxylation sites is 1. The van der Waals surface area contributed by atoms with Crippen molar-refractivity contribution in [3.63, 3.8) is 0 Å². The third-order valence-electron chi connectivity index (χ3n) is 3.18. The third kappa shape index (κ3) is 1.13. The third-order valence-corrected chi connectivity index (χ3v) is 3.18. The molecule has 0 aliphatic carbocycles. The van der Waals surface area contributed by atoms with Crippen LogP contribution in [0.5, 0.6) is 0 Å². The van der Waals surface area contributed by atoms with Crippen LogP contribution in [0.25, 0.3) is 21.8 Å². The molecule has 0 saturated carbocycles. The van der Waals surface area contributed by atoms with Crippen LogP contribution in [0.1, 0.15) is 12.5 Å². The minimum atomic E-state index is 1.04. The standard InChI is InChI=1S/C14H14N2/c1-2-10-7-8-12-11-5-3-4-6-13(11)16(15)14(12)9-10/h3-9H,2,15H2,1H3. The molecule has 80 valence electrons. The normalized spacial score (nSPS) is 11.3. The summed E-state index contributed by atoms with van der Waals surface area (Å²) in [4.78, 5) is 0. The average Bonchev–Trinajstić information content (AvgIpc) is 2.64. The van der Waals surface area contributed by atoms with Crippen molar-refractivity contribution in [3.05, 3.63) is 48.0 Å². The zero-order valence-corrected chi connectivity index (χ0v) is 9.27. The topological polar surface area (TPSA) is 30.9 Å². The molecule has 3 rings (SSSR count). The van der Waals surface area contributed by atoms with E-state index in [1.807, 2.05) is 6.07 Å². The van der Waals surface area contributed by atoms with E-state index in [0.29, 0.717) is 0 Å². The summed E-state index contributed by atoms with van der Waals surface area (Å²) in [6.07, 6.45) is 1.04. The highest BCUT2D eigenvalue weighted by Gasteiger charge is 2.07. The van der Waals surface area contributed by atoms with Crippen molar-refractivity contribution in [2.45, 2.75) is 13.3 Å². The van der Waals surface area contributed by atoms with E-state index in [4.69, 9.17) is 5.84 Å².